The summed E-state index contributed by atoms with van der Waals surface area (Å²) in [5.41, 5.74) is 1.85. The maximum absolute atomic E-state index is 13.0. The molecule has 168 valence electrons. The van der Waals surface area contributed by atoms with Gasteiger partial charge in [-0.15, -0.1) is 0 Å². The number of fused-ring (bicyclic) bond motifs is 4. The van der Waals surface area contributed by atoms with Crippen LogP contribution >= 0.6 is 0 Å². The number of hydrogen-bond donors (Lipinski definition) is 1. The van der Waals surface area contributed by atoms with E-state index in [1.165, 1.54) is 6.26 Å². The van der Waals surface area contributed by atoms with Gasteiger partial charge in [-0.05, 0) is 56.9 Å². The quantitative estimate of drug-likeness (QED) is 0.636. The summed E-state index contributed by atoms with van der Waals surface area (Å²) in [6.07, 6.45) is 9.34. The third kappa shape index (κ3) is 3.79. The fraction of sp³-hybridized carbons (Fsp3) is 0.478. The Hall–Kier alpha value is -2.81. The highest BCUT2D eigenvalue weighted by atomic mass is 32.2. The number of carbonyl (C=O) groups is 1. The Kier molecular flexibility index (Phi) is 4.85. The second-order valence-corrected chi connectivity index (χ2v) is 11.7. The SMILES string of the molecule is Cc1nn(-c2ncc(C(=O)NC34CCC(CS(C)(=O)=O)(CC3)CC4)cn2)c2ccccc12. The molecule has 3 aliphatic rings. The van der Waals surface area contributed by atoms with E-state index in [-0.39, 0.29) is 22.6 Å². The van der Waals surface area contributed by atoms with E-state index in [1.54, 1.807) is 17.1 Å². The molecule has 2 bridgehead atoms. The van der Waals surface area contributed by atoms with E-state index in [4.69, 9.17) is 0 Å². The van der Waals surface area contributed by atoms with Crippen molar-refractivity contribution in [1.29, 1.82) is 0 Å². The fourth-order valence-electron chi connectivity index (χ4n) is 5.46. The van der Waals surface area contributed by atoms with Gasteiger partial charge in [-0.2, -0.15) is 9.78 Å². The first-order valence-corrected chi connectivity index (χ1v) is 13.0. The van der Waals surface area contributed by atoms with Crippen molar-refractivity contribution in [3.8, 4) is 5.95 Å². The van der Waals surface area contributed by atoms with Crippen LogP contribution in [0.1, 0.15) is 54.6 Å². The van der Waals surface area contributed by atoms with Gasteiger partial charge in [0.1, 0.15) is 9.84 Å². The molecular formula is C23H27N5O3S. The molecule has 3 saturated carbocycles. The standard InChI is InChI=1S/C23H27N5O3S/c1-16-18-5-3-4-6-19(18)28(27-16)21-24-13-17(14-25-21)20(29)26-23-10-7-22(8-11-23,9-12-23)15-32(2,30)31/h3-6,13-14H,7-12,15H2,1-2H3,(H,26,29). The van der Waals surface area contributed by atoms with Crippen LogP contribution in [-0.4, -0.2) is 51.6 Å². The zero-order valence-corrected chi connectivity index (χ0v) is 19.2. The highest BCUT2D eigenvalue weighted by Crippen LogP contribution is 2.52. The Labute approximate surface area is 187 Å². The van der Waals surface area contributed by atoms with Crippen LogP contribution in [0.3, 0.4) is 0 Å². The number of amides is 1. The van der Waals surface area contributed by atoms with E-state index >= 15 is 0 Å². The summed E-state index contributed by atoms with van der Waals surface area (Å²) in [5.74, 6) is 0.487. The molecule has 0 saturated heterocycles. The lowest BCUT2D eigenvalue weighted by atomic mass is 9.58. The maximum Gasteiger partial charge on any atom is 0.254 e. The maximum atomic E-state index is 13.0. The first kappa shape index (κ1) is 21.1. The van der Waals surface area contributed by atoms with Crippen molar-refractivity contribution < 1.29 is 13.2 Å². The molecule has 3 aliphatic carbocycles. The van der Waals surface area contributed by atoms with Gasteiger partial charge in [0.05, 0.1) is 22.5 Å². The van der Waals surface area contributed by atoms with E-state index in [9.17, 15) is 13.2 Å². The van der Waals surface area contributed by atoms with Crippen LogP contribution in [-0.2, 0) is 9.84 Å². The number of rotatable bonds is 5. The van der Waals surface area contributed by atoms with Crippen molar-refractivity contribution >= 4 is 26.6 Å². The monoisotopic (exact) mass is 453 g/mol. The van der Waals surface area contributed by atoms with Crippen molar-refractivity contribution in [3.05, 3.63) is 47.9 Å². The van der Waals surface area contributed by atoms with E-state index in [2.05, 4.69) is 20.4 Å². The largest absolute Gasteiger partial charge is 0.347 e. The van der Waals surface area contributed by atoms with Crippen molar-refractivity contribution in [3.63, 3.8) is 0 Å². The number of para-hydroxylation sites is 1. The molecule has 9 heteroatoms. The van der Waals surface area contributed by atoms with Gasteiger partial charge in [-0.3, -0.25) is 4.79 Å². The molecule has 32 heavy (non-hydrogen) atoms. The summed E-state index contributed by atoms with van der Waals surface area (Å²) >= 11 is 0. The van der Waals surface area contributed by atoms with E-state index in [1.807, 2.05) is 31.2 Å². The van der Waals surface area contributed by atoms with E-state index in [0.717, 1.165) is 55.1 Å². The minimum Gasteiger partial charge on any atom is -0.347 e. The lowest BCUT2D eigenvalue weighted by Crippen LogP contribution is -2.57. The van der Waals surface area contributed by atoms with E-state index in [0.29, 0.717) is 11.5 Å². The zero-order valence-electron chi connectivity index (χ0n) is 18.3. The Balaban J connectivity index is 1.30. The average molecular weight is 454 g/mol. The highest BCUT2D eigenvalue weighted by molar-refractivity contribution is 7.90. The summed E-state index contributed by atoms with van der Waals surface area (Å²) in [7, 11) is -3.01. The zero-order chi connectivity index (χ0) is 22.6. The summed E-state index contributed by atoms with van der Waals surface area (Å²) in [6, 6.07) is 7.89. The molecule has 0 unspecified atom stereocenters. The summed E-state index contributed by atoms with van der Waals surface area (Å²) in [6.45, 7) is 1.94. The molecule has 1 amide bonds. The Bertz CT molecular complexity index is 1270. The molecule has 8 nitrogen and oxygen atoms in total. The van der Waals surface area contributed by atoms with Crippen LogP contribution in [0.2, 0.25) is 0 Å². The smallest absolute Gasteiger partial charge is 0.254 e. The molecule has 0 atom stereocenters. The molecule has 3 fully saturated rings. The summed E-state index contributed by atoms with van der Waals surface area (Å²) < 4.78 is 25.4. The molecule has 3 aromatic rings. The van der Waals surface area contributed by atoms with Crippen molar-refractivity contribution in [2.24, 2.45) is 5.41 Å². The Morgan fingerprint density at radius 3 is 2.31 bits per heavy atom. The number of nitrogens with zero attached hydrogens (tertiary/aromatic N) is 4. The van der Waals surface area contributed by atoms with Gasteiger partial charge in [0.15, 0.2) is 0 Å². The number of nitrogens with one attached hydrogen (secondary N) is 1. The lowest BCUT2D eigenvalue weighted by molar-refractivity contribution is 0.0357. The molecule has 2 aromatic heterocycles. The molecule has 0 spiro atoms. The number of benzene rings is 1. The van der Waals surface area contributed by atoms with Crippen LogP contribution < -0.4 is 5.32 Å². The molecular weight excluding hydrogens is 426 g/mol. The lowest BCUT2D eigenvalue weighted by Gasteiger charge is -2.53. The van der Waals surface area contributed by atoms with Crippen molar-refractivity contribution in [1.82, 2.24) is 25.1 Å². The number of aryl methyl sites for hydroxylation is 1. The predicted octanol–water partition coefficient (Wildman–Crippen LogP) is 2.99. The molecule has 2 heterocycles. The molecule has 0 radical (unpaired) electrons. The average Bonchev–Trinajstić information content (AvgIpc) is 3.11. The minimum atomic E-state index is -3.01. The van der Waals surface area contributed by atoms with Crippen LogP contribution in [0.4, 0.5) is 0 Å². The minimum absolute atomic E-state index is 0.116. The summed E-state index contributed by atoms with van der Waals surface area (Å²) in [4.78, 5) is 21.8. The van der Waals surface area contributed by atoms with Gasteiger partial charge in [0.25, 0.3) is 11.9 Å². The second kappa shape index (κ2) is 7.37. The van der Waals surface area contributed by atoms with Crippen LogP contribution in [0, 0.1) is 12.3 Å². The van der Waals surface area contributed by atoms with Gasteiger partial charge >= 0.3 is 0 Å². The van der Waals surface area contributed by atoms with Crippen LogP contribution in [0.5, 0.6) is 0 Å². The Morgan fingerprint density at radius 2 is 1.69 bits per heavy atom. The number of aromatic nitrogens is 4. The molecule has 1 N–H and O–H groups in total. The summed E-state index contributed by atoms with van der Waals surface area (Å²) in [5, 5.41) is 8.80. The van der Waals surface area contributed by atoms with Gasteiger partial charge < -0.3 is 5.32 Å². The van der Waals surface area contributed by atoms with Gasteiger partial charge in [-0.1, -0.05) is 18.2 Å². The predicted molar refractivity (Wildman–Crippen MR) is 121 cm³/mol. The van der Waals surface area contributed by atoms with Gasteiger partial charge in [0, 0.05) is 29.6 Å². The second-order valence-electron chi connectivity index (χ2n) is 9.59. The topological polar surface area (TPSA) is 107 Å². The third-order valence-corrected chi connectivity index (χ3v) is 8.35. The number of carbonyl (C=O) groups excluding carboxylic acids is 1. The van der Waals surface area contributed by atoms with Crippen molar-refractivity contribution in [2.45, 2.75) is 51.0 Å². The highest BCUT2D eigenvalue weighted by Gasteiger charge is 2.50. The van der Waals surface area contributed by atoms with Gasteiger partial charge in [0.2, 0.25) is 0 Å². The fourth-order valence-corrected chi connectivity index (χ4v) is 7.00. The number of hydrogen-bond acceptors (Lipinski definition) is 6. The molecule has 0 aliphatic heterocycles. The number of sulfone groups is 1. The van der Waals surface area contributed by atoms with Crippen LogP contribution in [0.25, 0.3) is 16.9 Å². The van der Waals surface area contributed by atoms with Gasteiger partial charge in [-0.25, -0.2) is 18.4 Å². The third-order valence-electron chi connectivity index (χ3n) is 7.21. The van der Waals surface area contributed by atoms with Crippen molar-refractivity contribution in [2.75, 3.05) is 12.0 Å². The first-order chi connectivity index (χ1) is 15.2. The Morgan fingerprint density at radius 1 is 1.06 bits per heavy atom. The van der Waals surface area contributed by atoms with E-state index < -0.39 is 9.84 Å². The molecule has 1 aromatic carbocycles. The normalized spacial score (nSPS) is 25.2. The molecule has 6 rings (SSSR count). The van der Waals surface area contributed by atoms with Crippen LogP contribution in [0.15, 0.2) is 36.7 Å². The first-order valence-electron chi connectivity index (χ1n) is 10.9.